The summed E-state index contributed by atoms with van der Waals surface area (Å²) in [5, 5.41) is 0.887. The number of aromatic nitrogens is 1. The fraction of sp³-hybridized carbons (Fsp3) is 0.241. The number of hydrogen-bond acceptors (Lipinski definition) is 6. The van der Waals surface area contributed by atoms with Crippen LogP contribution in [0.4, 0.5) is 0 Å². The van der Waals surface area contributed by atoms with Gasteiger partial charge in [-0.2, -0.15) is 0 Å². The monoisotopic (exact) mass is 563 g/mol. The summed E-state index contributed by atoms with van der Waals surface area (Å²) < 4.78 is 23.4. The molecule has 190 valence electrons. The molecule has 3 aromatic carbocycles. The van der Waals surface area contributed by atoms with Gasteiger partial charge in [0, 0.05) is 36.9 Å². The second-order valence-electron chi connectivity index (χ2n) is 9.30. The van der Waals surface area contributed by atoms with Crippen LogP contribution >= 0.6 is 15.9 Å². The average molecular weight is 564 g/mol. The molecule has 0 aliphatic carbocycles. The summed E-state index contributed by atoms with van der Waals surface area (Å²) in [5.41, 5.74) is 3.32. The van der Waals surface area contributed by atoms with Crippen molar-refractivity contribution in [1.82, 2.24) is 4.98 Å². The topological polar surface area (TPSA) is 86.9 Å². The molecular formula is C29H26BrNO6. The third-order valence-corrected chi connectivity index (χ3v) is 6.92. The fourth-order valence-corrected chi connectivity index (χ4v) is 5.27. The van der Waals surface area contributed by atoms with E-state index in [-0.39, 0.29) is 0 Å². The minimum atomic E-state index is -1.33. The van der Waals surface area contributed by atoms with Gasteiger partial charge in [0.05, 0.1) is 11.6 Å². The van der Waals surface area contributed by atoms with Crippen LogP contribution in [0.15, 0.2) is 77.4 Å². The van der Waals surface area contributed by atoms with Crippen LogP contribution in [-0.4, -0.2) is 29.8 Å². The molecule has 0 saturated carbocycles. The highest BCUT2D eigenvalue weighted by molar-refractivity contribution is 9.10. The van der Waals surface area contributed by atoms with Gasteiger partial charge in [0.1, 0.15) is 6.61 Å². The normalized spacial score (nSPS) is 16.2. The van der Waals surface area contributed by atoms with Gasteiger partial charge in [0.15, 0.2) is 17.4 Å². The summed E-state index contributed by atoms with van der Waals surface area (Å²) in [6.07, 6.45) is 1.82. The first-order chi connectivity index (χ1) is 17.8. The van der Waals surface area contributed by atoms with E-state index in [0.29, 0.717) is 28.1 Å². The van der Waals surface area contributed by atoms with Gasteiger partial charge < -0.3 is 23.9 Å². The lowest BCUT2D eigenvalue weighted by Gasteiger charge is -2.36. The molecule has 1 atom stereocenters. The molecule has 37 heavy (non-hydrogen) atoms. The number of benzene rings is 3. The van der Waals surface area contributed by atoms with E-state index in [4.69, 9.17) is 18.9 Å². The Morgan fingerprint density at radius 1 is 1.00 bits per heavy atom. The lowest BCUT2D eigenvalue weighted by atomic mass is 9.80. The van der Waals surface area contributed by atoms with Gasteiger partial charge in [-0.3, -0.25) is 9.59 Å². The molecule has 5 rings (SSSR count). The molecule has 0 amide bonds. The Labute approximate surface area is 222 Å². The van der Waals surface area contributed by atoms with E-state index >= 15 is 0 Å². The highest BCUT2D eigenvalue weighted by Gasteiger charge is 2.49. The van der Waals surface area contributed by atoms with E-state index in [2.05, 4.69) is 20.9 Å². The number of ether oxygens (including phenoxy) is 4. The molecule has 1 aromatic heterocycles. The van der Waals surface area contributed by atoms with Crippen LogP contribution < -0.4 is 9.47 Å². The van der Waals surface area contributed by atoms with E-state index < -0.39 is 29.6 Å². The number of hydrogen-bond donors (Lipinski definition) is 1. The lowest BCUT2D eigenvalue weighted by Crippen LogP contribution is -2.48. The molecule has 4 aromatic rings. The Bertz CT molecular complexity index is 1440. The first kappa shape index (κ1) is 24.9. The highest BCUT2D eigenvalue weighted by Crippen LogP contribution is 2.45. The van der Waals surface area contributed by atoms with Crippen molar-refractivity contribution in [2.75, 3.05) is 7.11 Å². The molecule has 1 fully saturated rings. The van der Waals surface area contributed by atoms with E-state index in [1.165, 1.54) is 13.8 Å². The predicted molar refractivity (Wildman–Crippen MR) is 141 cm³/mol. The predicted octanol–water partition coefficient (Wildman–Crippen LogP) is 6.10. The van der Waals surface area contributed by atoms with Crippen molar-refractivity contribution in [2.45, 2.75) is 32.2 Å². The number of fused-ring (bicyclic) bond motifs is 1. The molecule has 1 N–H and O–H groups in total. The molecule has 0 radical (unpaired) electrons. The van der Waals surface area contributed by atoms with E-state index in [9.17, 15) is 9.59 Å². The second-order valence-corrected chi connectivity index (χ2v) is 10.1. The number of halogens is 1. The Morgan fingerprint density at radius 2 is 1.68 bits per heavy atom. The number of para-hydroxylation sites is 1. The maximum atomic E-state index is 13.2. The molecule has 0 spiro atoms. The molecule has 1 aliphatic heterocycles. The SMILES string of the molecule is COc1cc([C@@H](c2c[nH]c3ccccc23)C2C(=O)OC(C)(C)OC2=O)cc(Br)c1OCc1ccccc1. The number of methoxy groups -OCH3 is 1. The maximum Gasteiger partial charge on any atom is 0.324 e. The van der Waals surface area contributed by atoms with Gasteiger partial charge in [0.25, 0.3) is 5.79 Å². The standard InChI is InChI=1S/C29H26BrNO6/c1-29(2)36-27(32)25(28(33)37-29)24(20-15-31-22-12-8-7-11-19(20)22)18-13-21(30)26(23(14-18)34-3)35-16-17-9-5-4-6-10-17/h4-15,24-25,31H,16H2,1-3H3/t24-/m0/s1. The number of esters is 2. The minimum Gasteiger partial charge on any atom is -0.493 e. The molecule has 0 bridgehead atoms. The van der Waals surface area contributed by atoms with Crippen LogP contribution in [0.25, 0.3) is 10.9 Å². The van der Waals surface area contributed by atoms with Crippen molar-refractivity contribution in [2.24, 2.45) is 5.92 Å². The smallest absolute Gasteiger partial charge is 0.324 e. The number of rotatable bonds is 7. The van der Waals surface area contributed by atoms with Crippen molar-refractivity contribution >= 4 is 38.8 Å². The molecule has 1 saturated heterocycles. The van der Waals surface area contributed by atoms with Crippen molar-refractivity contribution in [3.63, 3.8) is 0 Å². The maximum absolute atomic E-state index is 13.2. The van der Waals surface area contributed by atoms with Crippen LogP contribution in [0.1, 0.15) is 36.5 Å². The number of nitrogens with one attached hydrogen (secondary N) is 1. The Kier molecular flexibility index (Phi) is 6.69. The van der Waals surface area contributed by atoms with E-state index in [1.54, 1.807) is 13.2 Å². The van der Waals surface area contributed by atoms with Gasteiger partial charge in [0.2, 0.25) is 0 Å². The zero-order chi connectivity index (χ0) is 26.2. The highest BCUT2D eigenvalue weighted by atomic mass is 79.9. The Balaban J connectivity index is 1.60. The Morgan fingerprint density at radius 3 is 2.38 bits per heavy atom. The molecule has 8 heteroatoms. The number of H-pyrrole nitrogens is 1. The third-order valence-electron chi connectivity index (χ3n) is 6.33. The largest absolute Gasteiger partial charge is 0.493 e. The number of cyclic esters (lactones) is 2. The Hall–Kier alpha value is -3.78. The quantitative estimate of drug-likeness (QED) is 0.216. The summed E-state index contributed by atoms with van der Waals surface area (Å²) >= 11 is 3.62. The van der Waals surface area contributed by atoms with Crippen LogP contribution in [0.2, 0.25) is 0 Å². The summed E-state index contributed by atoms with van der Waals surface area (Å²) in [6.45, 7) is 3.42. The second kappa shape index (κ2) is 9.94. The number of carbonyl (C=O) groups is 2. The lowest BCUT2D eigenvalue weighted by molar-refractivity contribution is -0.240. The summed E-state index contributed by atoms with van der Waals surface area (Å²) in [4.78, 5) is 29.7. The zero-order valence-corrected chi connectivity index (χ0v) is 22.2. The van der Waals surface area contributed by atoms with Crippen LogP contribution in [0.3, 0.4) is 0 Å². The number of carbonyl (C=O) groups excluding carboxylic acids is 2. The van der Waals surface area contributed by atoms with Crippen molar-refractivity contribution in [3.8, 4) is 11.5 Å². The average Bonchev–Trinajstić information content (AvgIpc) is 3.29. The molecule has 2 heterocycles. The van der Waals surface area contributed by atoms with Gasteiger partial charge in [-0.1, -0.05) is 48.5 Å². The van der Waals surface area contributed by atoms with Crippen molar-refractivity contribution < 1.29 is 28.5 Å². The minimum absolute atomic E-state index is 0.345. The summed E-state index contributed by atoms with van der Waals surface area (Å²) in [7, 11) is 1.55. The summed E-state index contributed by atoms with van der Waals surface area (Å²) in [6, 6.07) is 21.1. The van der Waals surface area contributed by atoms with Gasteiger partial charge in [-0.15, -0.1) is 0 Å². The van der Waals surface area contributed by atoms with Crippen LogP contribution in [0, 0.1) is 5.92 Å². The number of aromatic amines is 1. The van der Waals surface area contributed by atoms with Crippen LogP contribution in [-0.2, 0) is 25.7 Å². The molecular weight excluding hydrogens is 538 g/mol. The molecule has 0 unspecified atom stereocenters. The van der Waals surface area contributed by atoms with Crippen molar-refractivity contribution in [3.05, 3.63) is 94.1 Å². The van der Waals surface area contributed by atoms with E-state index in [0.717, 1.165) is 22.0 Å². The van der Waals surface area contributed by atoms with Gasteiger partial charge in [-0.05, 0) is 50.8 Å². The van der Waals surface area contributed by atoms with Crippen LogP contribution in [0.5, 0.6) is 11.5 Å². The van der Waals surface area contributed by atoms with Gasteiger partial charge in [-0.25, -0.2) is 0 Å². The molecule has 7 nitrogen and oxygen atoms in total. The fourth-order valence-electron chi connectivity index (χ4n) is 4.69. The first-order valence-electron chi connectivity index (χ1n) is 11.8. The zero-order valence-electron chi connectivity index (χ0n) is 20.6. The van der Waals surface area contributed by atoms with E-state index in [1.807, 2.05) is 66.9 Å². The van der Waals surface area contributed by atoms with Gasteiger partial charge >= 0.3 is 11.9 Å². The third kappa shape index (κ3) is 4.93. The molecule has 1 aliphatic rings. The first-order valence-corrected chi connectivity index (χ1v) is 12.6. The summed E-state index contributed by atoms with van der Waals surface area (Å²) in [5.74, 6) is -3.55. The van der Waals surface area contributed by atoms with Crippen molar-refractivity contribution in [1.29, 1.82) is 0 Å².